The summed E-state index contributed by atoms with van der Waals surface area (Å²) in [6.45, 7) is -0.338. The van der Waals surface area contributed by atoms with Crippen molar-refractivity contribution in [2.45, 2.75) is 68.6 Å². The van der Waals surface area contributed by atoms with E-state index in [1.165, 1.54) is 0 Å². The molecule has 0 aliphatic rings. The van der Waals surface area contributed by atoms with Crippen molar-refractivity contribution in [1.82, 2.24) is 5.32 Å². The summed E-state index contributed by atoms with van der Waals surface area (Å²) in [6.07, 6.45) is -7.19. The summed E-state index contributed by atoms with van der Waals surface area (Å²) >= 11 is 0. The molecule has 0 aliphatic carbocycles. The summed E-state index contributed by atoms with van der Waals surface area (Å²) < 4.78 is 0. The van der Waals surface area contributed by atoms with E-state index in [9.17, 15) is 34.5 Å². The number of nitrogens with one attached hydrogen (secondary N) is 1. The van der Waals surface area contributed by atoms with E-state index in [2.05, 4.69) is 0 Å². The Morgan fingerprint density at radius 2 is 1.41 bits per heavy atom. The number of nitrogens with two attached hydrogens (primary N) is 2. The number of aliphatic hydroxyl groups excluding tert-OH is 5. The van der Waals surface area contributed by atoms with Gasteiger partial charge >= 0.3 is 17.9 Å². The molecule has 1 amide bonds. The van der Waals surface area contributed by atoms with Gasteiger partial charge in [0.25, 0.3) is 5.91 Å². The Labute approximate surface area is 183 Å². The van der Waals surface area contributed by atoms with Crippen LogP contribution in [-0.4, -0.2) is 114 Å². The minimum absolute atomic E-state index is 0.457. The van der Waals surface area contributed by atoms with E-state index in [0.717, 1.165) is 12.8 Å². The summed E-state index contributed by atoms with van der Waals surface area (Å²) in [4.78, 5) is 42.9. The van der Waals surface area contributed by atoms with Gasteiger partial charge in [-0.25, -0.2) is 4.79 Å². The third kappa shape index (κ3) is 13.8. The molecule has 0 saturated carbocycles. The van der Waals surface area contributed by atoms with Crippen LogP contribution in [0.3, 0.4) is 0 Å². The largest absolute Gasteiger partial charge is 0.481 e. The lowest BCUT2D eigenvalue weighted by molar-refractivity contribution is -0.153. The molecule has 0 fully saturated rings. The van der Waals surface area contributed by atoms with Gasteiger partial charge in [0.15, 0.2) is 6.10 Å². The number of amides is 1. The van der Waals surface area contributed by atoms with Crippen molar-refractivity contribution in [3.8, 4) is 0 Å². The van der Waals surface area contributed by atoms with Crippen LogP contribution in [0.15, 0.2) is 0 Å². The second-order valence-electron chi connectivity index (χ2n) is 6.74. The first kappa shape index (κ1) is 31.8. The lowest BCUT2D eigenvalue weighted by Crippen LogP contribution is -2.54. The molecular weight excluding hydrogens is 438 g/mol. The molecule has 15 heteroatoms. The van der Waals surface area contributed by atoms with Gasteiger partial charge in [0.2, 0.25) is 0 Å². The first-order valence-electron chi connectivity index (χ1n) is 9.56. The Balaban J connectivity index is 0. The van der Waals surface area contributed by atoms with Gasteiger partial charge in [-0.15, -0.1) is 0 Å². The second-order valence-corrected chi connectivity index (χ2v) is 6.74. The number of carboxylic acids is 3. The number of carbonyl (C=O) groups is 4. The van der Waals surface area contributed by atoms with Gasteiger partial charge in [-0.05, 0) is 25.8 Å². The summed E-state index contributed by atoms with van der Waals surface area (Å²) in [5.41, 5.74) is 10.4. The number of hydrogen-bond donors (Lipinski definition) is 11. The number of hydrogen-bond acceptors (Lipinski definition) is 11. The van der Waals surface area contributed by atoms with Crippen LogP contribution in [0.4, 0.5) is 0 Å². The highest BCUT2D eigenvalue weighted by molar-refractivity contribution is 5.86. The van der Waals surface area contributed by atoms with E-state index in [0.29, 0.717) is 13.0 Å². The fourth-order valence-electron chi connectivity index (χ4n) is 2.09. The topological polar surface area (TPSA) is 294 Å². The Morgan fingerprint density at radius 1 is 0.844 bits per heavy atom. The quantitative estimate of drug-likeness (QED) is 0.100. The zero-order valence-corrected chi connectivity index (χ0v) is 17.3. The molecule has 0 heterocycles. The van der Waals surface area contributed by atoms with E-state index < -0.39 is 79.8 Å². The molecule has 0 aromatic rings. The van der Waals surface area contributed by atoms with Crippen molar-refractivity contribution in [2.75, 3.05) is 13.2 Å². The van der Waals surface area contributed by atoms with Crippen molar-refractivity contribution in [3.05, 3.63) is 0 Å². The molecule has 0 aromatic carbocycles. The van der Waals surface area contributed by atoms with Gasteiger partial charge in [0, 0.05) is 6.42 Å². The van der Waals surface area contributed by atoms with E-state index in [-0.39, 0.29) is 0 Å². The zero-order chi connectivity index (χ0) is 25.4. The lowest BCUT2D eigenvalue weighted by Gasteiger charge is -2.25. The highest BCUT2D eigenvalue weighted by Gasteiger charge is 2.35. The van der Waals surface area contributed by atoms with Gasteiger partial charge < -0.3 is 57.6 Å². The summed E-state index contributed by atoms with van der Waals surface area (Å²) in [6, 6.07) is -2.34. The second kappa shape index (κ2) is 17.2. The average Bonchev–Trinajstić information content (AvgIpc) is 2.74. The molecule has 6 atom stereocenters. The van der Waals surface area contributed by atoms with Crippen LogP contribution in [0.1, 0.15) is 32.1 Å². The summed E-state index contributed by atoms with van der Waals surface area (Å²) in [5, 5.41) is 73.3. The van der Waals surface area contributed by atoms with Crippen LogP contribution in [0.2, 0.25) is 0 Å². The maximum absolute atomic E-state index is 11.6. The van der Waals surface area contributed by atoms with E-state index >= 15 is 0 Å². The maximum Gasteiger partial charge on any atom is 0.326 e. The number of carbonyl (C=O) groups excluding carboxylic acids is 1. The standard InChI is InChI=1S/C11H19NO10.C6H14N2O2/c13-3-5(14)7(17)8(18)9(19)10(20)12-4(11(21)22)1-2-6(15)16;7-4-2-1-3-5(8)6(9)10/h4-5,7-9,13-14,17-19H,1-3H2,(H,12,20)(H,15,16)(H,21,22);5H,1-4,7-8H2,(H,9,10)/t4-,5+,7+,8-,9+;5-/m00/s1. The number of aliphatic carboxylic acids is 3. The Hall–Kier alpha value is -2.40. The van der Waals surface area contributed by atoms with Gasteiger partial charge in [-0.3, -0.25) is 14.4 Å². The van der Waals surface area contributed by atoms with Crippen molar-refractivity contribution >= 4 is 23.8 Å². The molecule has 0 aliphatic heterocycles. The molecule has 15 nitrogen and oxygen atoms in total. The molecule has 0 spiro atoms. The van der Waals surface area contributed by atoms with E-state index in [1.54, 1.807) is 5.32 Å². The van der Waals surface area contributed by atoms with Crippen LogP contribution in [-0.2, 0) is 19.2 Å². The molecule has 0 saturated heterocycles. The highest BCUT2D eigenvalue weighted by Crippen LogP contribution is 2.07. The Morgan fingerprint density at radius 3 is 1.81 bits per heavy atom. The molecule has 0 bridgehead atoms. The third-order valence-corrected chi connectivity index (χ3v) is 4.07. The third-order valence-electron chi connectivity index (χ3n) is 4.07. The predicted octanol–water partition coefficient (Wildman–Crippen LogP) is -4.62. The van der Waals surface area contributed by atoms with Crippen LogP contribution >= 0.6 is 0 Å². The SMILES string of the molecule is NCCCC[C@H](N)C(=O)O.O=C(O)CC[C@H](NC(=O)[C@H](O)[C@@H](O)[C@H](O)[C@H](O)CO)C(=O)O. The molecule has 13 N–H and O–H groups in total. The number of carboxylic acid groups (broad SMARTS) is 3. The smallest absolute Gasteiger partial charge is 0.326 e. The molecular formula is C17H33N3O12. The van der Waals surface area contributed by atoms with E-state index in [1.807, 2.05) is 0 Å². The Bertz CT molecular complexity index is 591. The normalized spacial score (nSPS) is 16.3. The molecule has 0 aromatic heterocycles. The van der Waals surface area contributed by atoms with Crippen molar-refractivity contribution in [1.29, 1.82) is 0 Å². The average molecular weight is 471 g/mol. The number of unbranched alkanes of at least 4 members (excludes halogenated alkanes) is 1. The highest BCUT2D eigenvalue weighted by atomic mass is 16.4. The predicted molar refractivity (Wildman–Crippen MR) is 106 cm³/mol. The van der Waals surface area contributed by atoms with Crippen molar-refractivity contribution < 1.29 is 60.0 Å². The summed E-state index contributed by atoms with van der Waals surface area (Å²) in [5.74, 6) is -5.15. The fourth-order valence-corrected chi connectivity index (χ4v) is 2.09. The van der Waals surface area contributed by atoms with Crippen LogP contribution < -0.4 is 16.8 Å². The molecule has 188 valence electrons. The van der Waals surface area contributed by atoms with Gasteiger partial charge in [-0.2, -0.15) is 0 Å². The zero-order valence-electron chi connectivity index (χ0n) is 17.3. The van der Waals surface area contributed by atoms with Crippen molar-refractivity contribution in [2.24, 2.45) is 11.5 Å². The van der Waals surface area contributed by atoms with Gasteiger partial charge in [0.1, 0.15) is 30.4 Å². The first-order valence-corrected chi connectivity index (χ1v) is 9.56. The molecule has 0 unspecified atom stereocenters. The molecule has 32 heavy (non-hydrogen) atoms. The summed E-state index contributed by atoms with van der Waals surface area (Å²) in [7, 11) is 0. The monoisotopic (exact) mass is 471 g/mol. The van der Waals surface area contributed by atoms with Gasteiger partial charge in [-0.1, -0.05) is 6.42 Å². The van der Waals surface area contributed by atoms with Crippen molar-refractivity contribution in [3.63, 3.8) is 0 Å². The van der Waals surface area contributed by atoms with E-state index in [4.69, 9.17) is 37.0 Å². The molecule has 0 radical (unpaired) electrons. The lowest BCUT2D eigenvalue weighted by atomic mass is 10.0. The van der Waals surface area contributed by atoms with Crippen LogP contribution in [0.5, 0.6) is 0 Å². The minimum Gasteiger partial charge on any atom is -0.481 e. The van der Waals surface area contributed by atoms with Gasteiger partial charge in [0.05, 0.1) is 6.61 Å². The first-order chi connectivity index (χ1) is 14.8. The fraction of sp³-hybridized carbons (Fsp3) is 0.765. The van der Waals surface area contributed by atoms with Crippen LogP contribution in [0.25, 0.3) is 0 Å². The number of aliphatic hydroxyl groups is 5. The molecule has 0 rings (SSSR count). The Kier molecular flexibility index (Phi) is 17.1. The maximum atomic E-state index is 11.6. The number of rotatable bonds is 15. The van der Waals surface area contributed by atoms with Crippen LogP contribution in [0, 0.1) is 0 Å². The minimum atomic E-state index is -2.29.